The molecule has 21 heavy (non-hydrogen) atoms. The molecule has 1 heterocycles. The van der Waals surface area contributed by atoms with Crippen LogP contribution >= 0.6 is 0 Å². The molecule has 0 spiro atoms. The summed E-state index contributed by atoms with van der Waals surface area (Å²) in [7, 11) is 1.55. The highest BCUT2D eigenvalue weighted by molar-refractivity contribution is 5.85. The highest BCUT2D eigenvalue weighted by atomic mass is 16.5. The zero-order chi connectivity index (χ0) is 15.1. The Kier molecular flexibility index (Phi) is 5.83. The van der Waals surface area contributed by atoms with E-state index in [4.69, 9.17) is 19.9 Å². The quantitative estimate of drug-likeness (QED) is 0.462. The van der Waals surface area contributed by atoms with Crippen molar-refractivity contribution in [1.29, 1.82) is 0 Å². The van der Waals surface area contributed by atoms with E-state index in [0.29, 0.717) is 29.4 Å². The molecule has 0 atom stereocenters. The fourth-order valence-corrected chi connectivity index (χ4v) is 2.26. The Balaban J connectivity index is 1.85. The molecule has 116 valence electrons. The van der Waals surface area contributed by atoms with E-state index in [1.165, 1.54) is 0 Å². The number of methoxy groups -OCH3 is 1. The fraction of sp³-hybridized carbons (Fsp3) is 0.533. The third-order valence-corrected chi connectivity index (χ3v) is 3.48. The molecule has 1 fully saturated rings. The van der Waals surface area contributed by atoms with Gasteiger partial charge in [-0.05, 0) is 12.5 Å². The Morgan fingerprint density at radius 3 is 2.76 bits per heavy atom. The van der Waals surface area contributed by atoms with Crippen LogP contribution in [0.2, 0.25) is 0 Å². The Morgan fingerprint density at radius 1 is 1.33 bits per heavy atom. The van der Waals surface area contributed by atoms with Crippen molar-refractivity contribution in [3.8, 4) is 11.5 Å². The van der Waals surface area contributed by atoms with Crippen LogP contribution in [0.15, 0.2) is 12.1 Å². The van der Waals surface area contributed by atoms with Gasteiger partial charge in [0.2, 0.25) is 0 Å². The van der Waals surface area contributed by atoms with Gasteiger partial charge in [-0.3, -0.25) is 9.69 Å². The van der Waals surface area contributed by atoms with E-state index >= 15 is 0 Å². The number of rotatable bonds is 7. The van der Waals surface area contributed by atoms with Gasteiger partial charge in [0.05, 0.1) is 26.9 Å². The zero-order valence-corrected chi connectivity index (χ0v) is 12.3. The predicted molar refractivity (Wildman–Crippen MR) is 80.2 cm³/mol. The number of ether oxygens (including phenoxy) is 3. The van der Waals surface area contributed by atoms with Crippen LogP contribution in [-0.2, 0) is 4.74 Å². The second kappa shape index (κ2) is 7.85. The number of nitrogen functional groups attached to an aromatic ring is 1. The highest BCUT2D eigenvalue weighted by Gasteiger charge is 2.11. The van der Waals surface area contributed by atoms with Gasteiger partial charge in [-0.15, -0.1) is 0 Å². The lowest BCUT2D eigenvalue weighted by atomic mass is 10.2. The molecule has 2 N–H and O–H groups in total. The molecule has 2 rings (SSSR count). The fourth-order valence-electron chi connectivity index (χ4n) is 2.26. The van der Waals surface area contributed by atoms with Gasteiger partial charge in [-0.2, -0.15) is 0 Å². The Labute approximate surface area is 124 Å². The Hall–Kier alpha value is -1.79. The molecule has 0 radical (unpaired) electrons. The van der Waals surface area contributed by atoms with Gasteiger partial charge in [0.25, 0.3) is 0 Å². The number of anilines is 1. The van der Waals surface area contributed by atoms with Gasteiger partial charge in [0, 0.05) is 37.0 Å². The molecule has 1 aliphatic heterocycles. The average Bonchev–Trinajstić information content (AvgIpc) is 2.53. The number of benzene rings is 1. The van der Waals surface area contributed by atoms with Crippen LogP contribution in [0.4, 0.5) is 5.69 Å². The van der Waals surface area contributed by atoms with Gasteiger partial charge in [0.1, 0.15) is 0 Å². The van der Waals surface area contributed by atoms with E-state index in [1.54, 1.807) is 19.2 Å². The number of carbonyl (C=O) groups excluding carboxylic acids is 1. The monoisotopic (exact) mass is 294 g/mol. The first-order chi connectivity index (χ1) is 10.2. The van der Waals surface area contributed by atoms with E-state index in [0.717, 1.165) is 45.6 Å². The minimum Gasteiger partial charge on any atom is -0.493 e. The number of nitrogens with two attached hydrogens (primary N) is 1. The van der Waals surface area contributed by atoms with Gasteiger partial charge >= 0.3 is 0 Å². The molecule has 0 aromatic heterocycles. The van der Waals surface area contributed by atoms with E-state index in [2.05, 4.69) is 4.90 Å². The van der Waals surface area contributed by atoms with Crippen LogP contribution in [0.25, 0.3) is 0 Å². The molecule has 6 heteroatoms. The molecular formula is C15H22N2O4. The summed E-state index contributed by atoms with van der Waals surface area (Å²) in [5.74, 6) is 1.10. The zero-order valence-electron chi connectivity index (χ0n) is 12.3. The number of hydrogen-bond acceptors (Lipinski definition) is 6. The first kappa shape index (κ1) is 15.6. The molecular weight excluding hydrogens is 272 g/mol. The topological polar surface area (TPSA) is 74.0 Å². The summed E-state index contributed by atoms with van der Waals surface area (Å²) in [5, 5.41) is 0. The maximum absolute atomic E-state index is 10.9. The van der Waals surface area contributed by atoms with E-state index < -0.39 is 0 Å². The number of nitrogens with zero attached hydrogens (tertiary/aromatic N) is 1. The van der Waals surface area contributed by atoms with E-state index in [9.17, 15) is 4.79 Å². The van der Waals surface area contributed by atoms with Crippen molar-refractivity contribution in [3.63, 3.8) is 0 Å². The number of carbonyl (C=O) groups is 1. The lowest BCUT2D eigenvalue weighted by Crippen LogP contribution is -2.37. The van der Waals surface area contributed by atoms with Crippen molar-refractivity contribution in [1.82, 2.24) is 4.90 Å². The van der Waals surface area contributed by atoms with Gasteiger partial charge < -0.3 is 19.9 Å². The summed E-state index contributed by atoms with van der Waals surface area (Å²) in [5.41, 5.74) is 6.55. The smallest absolute Gasteiger partial charge is 0.162 e. The summed E-state index contributed by atoms with van der Waals surface area (Å²) in [6, 6.07) is 3.23. The molecule has 0 aliphatic carbocycles. The van der Waals surface area contributed by atoms with Crippen molar-refractivity contribution < 1.29 is 19.0 Å². The minimum atomic E-state index is 0.391. The van der Waals surface area contributed by atoms with E-state index in [1.807, 2.05) is 0 Å². The Morgan fingerprint density at radius 2 is 2.10 bits per heavy atom. The summed E-state index contributed by atoms with van der Waals surface area (Å²) in [6.45, 7) is 5.09. The van der Waals surface area contributed by atoms with Gasteiger partial charge in [-0.25, -0.2) is 0 Å². The van der Waals surface area contributed by atoms with Crippen molar-refractivity contribution in [2.75, 3.05) is 52.3 Å². The second-order valence-electron chi connectivity index (χ2n) is 4.91. The number of aldehydes is 1. The van der Waals surface area contributed by atoms with E-state index in [-0.39, 0.29) is 0 Å². The van der Waals surface area contributed by atoms with Crippen molar-refractivity contribution in [3.05, 3.63) is 17.7 Å². The molecule has 1 saturated heterocycles. The van der Waals surface area contributed by atoms with Crippen molar-refractivity contribution in [2.24, 2.45) is 0 Å². The highest BCUT2D eigenvalue weighted by Crippen LogP contribution is 2.31. The minimum absolute atomic E-state index is 0.391. The SMILES string of the molecule is COc1cc(N)c(C=O)cc1OCCCN1CCOCC1. The average molecular weight is 294 g/mol. The van der Waals surface area contributed by atoms with Gasteiger partial charge in [0.15, 0.2) is 17.8 Å². The predicted octanol–water partition coefficient (Wildman–Crippen LogP) is 1.19. The second-order valence-corrected chi connectivity index (χ2v) is 4.91. The summed E-state index contributed by atoms with van der Waals surface area (Å²) >= 11 is 0. The standard InChI is InChI=1S/C15H22N2O4/c1-19-14-10-13(16)12(11-18)9-15(14)21-6-2-3-17-4-7-20-8-5-17/h9-11H,2-8,16H2,1H3. The molecule has 0 amide bonds. The van der Waals surface area contributed by atoms with Crippen LogP contribution in [0.1, 0.15) is 16.8 Å². The third kappa shape index (κ3) is 4.34. The normalized spacial score (nSPS) is 15.7. The Bertz CT molecular complexity index is 473. The molecule has 0 saturated carbocycles. The first-order valence-electron chi connectivity index (χ1n) is 7.10. The van der Waals surface area contributed by atoms with Crippen LogP contribution in [0.3, 0.4) is 0 Å². The van der Waals surface area contributed by atoms with Crippen LogP contribution in [-0.4, -0.2) is 57.8 Å². The lowest BCUT2D eigenvalue weighted by molar-refractivity contribution is 0.0357. The summed E-state index contributed by atoms with van der Waals surface area (Å²) in [4.78, 5) is 13.3. The molecule has 6 nitrogen and oxygen atoms in total. The molecule has 1 aromatic carbocycles. The molecule has 0 unspecified atom stereocenters. The van der Waals surface area contributed by atoms with Crippen molar-refractivity contribution >= 4 is 12.0 Å². The molecule has 0 bridgehead atoms. The lowest BCUT2D eigenvalue weighted by Gasteiger charge is -2.26. The van der Waals surface area contributed by atoms with Crippen LogP contribution < -0.4 is 15.2 Å². The number of morpholine rings is 1. The maximum Gasteiger partial charge on any atom is 0.162 e. The summed E-state index contributed by atoms with van der Waals surface area (Å²) < 4.78 is 16.3. The van der Waals surface area contributed by atoms with Crippen LogP contribution in [0.5, 0.6) is 11.5 Å². The first-order valence-corrected chi connectivity index (χ1v) is 7.10. The van der Waals surface area contributed by atoms with Gasteiger partial charge in [-0.1, -0.05) is 0 Å². The maximum atomic E-state index is 10.9. The molecule has 1 aromatic rings. The number of hydrogen-bond donors (Lipinski definition) is 1. The van der Waals surface area contributed by atoms with Crippen LogP contribution in [0, 0.1) is 0 Å². The largest absolute Gasteiger partial charge is 0.493 e. The summed E-state index contributed by atoms with van der Waals surface area (Å²) in [6.07, 6.45) is 1.62. The molecule has 1 aliphatic rings. The third-order valence-electron chi connectivity index (χ3n) is 3.48. The van der Waals surface area contributed by atoms with Crippen molar-refractivity contribution in [2.45, 2.75) is 6.42 Å².